The van der Waals surface area contributed by atoms with Crippen LogP contribution in [0.1, 0.15) is 50.1 Å². The Bertz CT molecular complexity index is 2760. The van der Waals surface area contributed by atoms with Crippen molar-refractivity contribution in [2.45, 2.75) is 56.0 Å². The highest BCUT2D eigenvalue weighted by Gasteiger charge is 2.47. The van der Waals surface area contributed by atoms with E-state index in [0.717, 1.165) is 10.8 Å². The number of aromatic nitrogens is 1. The van der Waals surface area contributed by atoms with Gasteiger partial charge in [-0.05, 0) is 35.7 Å². The maximum atomic E-state index is 14.2. The van der Waals surface area contributed by atoms with Crippen LogP contribution in [0.5, 0.6) is 5.88 Å². The van der Waals surface area contributed by atoms with Crippen molar-refractivity contribution in [2.75, 3.05) is 0 Å². The number of pyridine rings is 1. The Morgan fingerprint density at radius 1 is 0.320 bits per heavy atom. The standard InChI is InChI=1S/C32H12BF24.C16H13NO/c34-25(35,36)13-1-14(26(37,38)39)6-21(5-13)33(22-7-15(27(40,41)42)2-16(8-22)28(43,44)45,23-9-17(29(46,47)48)3-18(10-23)30(49,50)51)24-11-19(31(52,53)54)4-20(12-24)32(55,56)57;18-16-15-9-5-4-8-14(15)10-11-17(16)12-13-6-2-1-3-7-13/h1-12H;1-11H,12H2/q-1;/p+1. The summed E-state index contributed by atoms with van der Waals surface area (Å²) in [5.74, 6) is 0.317. The van der Waals surface area contributed by atoms with E-state index in [2.05, 4.69) is 12.1 Å². The molecule has 0 spiro atoms. The van der Waals surface area contributed by atoms with E-state index >= 15 is 0 Å². The molecule has 7 aromatic rings. The third-order valence-corrected chi connectivity index (χ3v) is 11.5. The Morgan fingerprint density at radius 2 is 0.573 bits per heavy atom. The molecule has 1 heterocycles. The molecule has 6 aromatic carbocycles. The molecular weight excluding hydrogens is 1070 g/mol. The van der Waals surface area contributed by atoms with Gasteiger partial charge in [0.25, 0.3) is 0 Å². The molecule has 0 radical (unpaired) electrons. The lowest BCUT2D eigenvalue weighted by molar-refractivity contribution is -0.692. The second-order valence-corrected chi connectivity index (χ2v) is 16.6. The van der Waals surface area contributed by atoms with E-state index in [1.54, 1.807) is 0 Å². The largest absolute Gasteiger partial charge is 0.459 e. The maximum absolute atomic E-state index is 14.2. The molecule has 0 atom stereocenters. The fourth-order valence-corrected chi connectivity index (χ4v) is 8.22. The van der Waals surface area contributed by atoms with Crippen LogP contribution in [0.25, 0.3) is 10.8 Å². The first kappa shape index (κ1) is 57.2. The summed E-state index contributed by atoms with van der Waals surface area (Å²) in [6.45, 7) is 0.678. The number of alkyl halides is 24. The minimum Gasteiger partial charge on any atom is -0.459 e. The summed E-state index contributed by atoms with van der Waals surface area (Å²) >= 11 is 0. The summed E-state index contributed by atoms with van der Waals surface area (Å²) in [4.78, 5) is 0. The molecule has 1 N–H and O–H groups in total. The van der Waals surface area contributed by atoms with Crippen LogP contribution in [0, 0.1) is 0 Å². The van der Waals surface area contributed by atoms with Gasteiger partial charge in [-0.25, -0.2) is 0 Å². The number of aromatic hydroxyl groups is 1. The Kier molecular flexibility index (Phi) is 14.9. The lowest BCUT2D eigenvalue weighted by Gasteiger charge is -2.46. The van der Waals surface area contributed by atoms with E-state index in [1.807, 2.05) is 59.3 Å². The SMILES string of the molecule is FC(F)(F)c1cc([B-](c2cc(C(F)(F)F)cc(C(F)(F)F)c2)(c2cc(C(F)(F)F)cc(C(F)(F)F)c2)c2cc(C(F)(F)F)cc(C(F)(F)F)c2)cc(C(F)(F)F)c1.Oc1c2ccccc2cc[n+]1Cc1ccccc1. The first-order valence-corrected chi connectivity index (χ1v) is 20.6. The predicted molar refractivity (Wildman–Crippen MR) is 221 cm³/mol. The molecule has 75 heavy (non-hydrogen) atoms. The van der Waals surface area contributed by atoms with Gasteiger partial charge >= 0.3 is 55.3 Å². The van der Waals surface area contributed by atoms with Crippen molar-refractivity contribution in [1.82, 2.24) is 0 Å². The first-order valence-electron chi connectivity index (χ1n) is 20.6. The smallest absolute Gasteiger partial charge is 0.416 e. The molecule has 0 bridgehead atoms. The number of hydrogen-bond donors (Lipinski definition) is 1. The van der Waals surface area contributed by atoms with Gasteiger partial charge in [0.05, 0.1) is 49.9 Å². The normalized spacial score (nSPS) is 13.4. The molecule has 0 unspecified atom stereocenters. The average molecular weight is 1100 g/mol. The minimum absolute atomic E-state index is 0.317. The zero-order chi connectivity index (χ0) is 56.3. The van der Waals surface area contributed by atoms with Crippen molar-refractivity contribution in [2.24, 2.45) is 0 Å². The van der Waals surface area contributed by atoms with Crippen LogP contribution in [-0.2, 0) is 56.0 Å². The quantitative estimate of drug-likeness (QED) is 0.100. The zero-order valence-corrected chi connectivity index (χ0v) is 36.5. The predicted octanol–water partition coefficient (Wildman–Crippen LogP) is 14.1. The topological polar surface area (TPSA) is 24.1 Å². The van der Waals surface area contributed by atoms with Crippen LogP contribution in [0.2, 0.25) is 0 Å². The lowest BCUT2D eigenvalue weighted by atomic mass is 9.12. The van der Waals surface area contributed by atoms with Crippen LogP contribution in [0.15, 0.2) is 140 Å². The van der Waals surface area contributed by atoms with Crippen LogP contribution in [0.3, 0.4) is 0 Å². The summed E-state index contributed by atoms with van der Waals surface area (Å²) in [7, 11) is 0. The van der Waals surface area contributed by atoms with Crippen molar-refractivity contribution in [3.05, 3.63) is 190 Å². The van der Waals surface area contributed by atoms with Gasteiger partial charge in [-0.15, -0.1) is 0 Å². The fraction of sp³-hybridized carbons (Fsp3) is 0.188. The Balaban J connectivity index is 0.000000421. The van der Waals surface area contributed by atoms with Crippen LogP contribution in [-0.4, -0.2) is 11.3 Å². The van der Waals surface area contributed by atoms with Crippen LogP contribution >= 0.6 is 0 Å². The number of benzene rings is 6. The molecular formula is C48H26BF24NO. The van der Waals surface area contributed by atoms with Gasteiger partial charge in [-0.3, -0.25) is 0 Å². The van der Waals surface area contributed by atoms with Crippen molar-refractivity contribution in [3.8, 4) is 5.88 Å². The Labute approximate surface area is 405 Å². The Hall–Kier alpha value is -7.09. The van der Waals surface area contributed by atoms with Crippen LogP contribution in [0.4, 0.5) is 105 Å². The molecule has 0 aliphatic carbocycles. The van der Waals surface area contributed by atoms with Gasteiger partial charge in [0.1, 0.15) is 6.15 Å². The third kappa shape index (κ3) is 12.7. The van der Waals surface area contributed by atoms with E-state index in [-0.39, 0.29) is 0 Å². The van der Waals surface area contributed by atoms with Crippen LogP contribution < -0.4 is 26.4 Å². The highest BCUT2D eigenvalue weighted by Crippen LogP contribution is 2.41. The number of halogens is 24. The van der Waals surface area contributed by atoms with E-state index in [0.29, 0.717) is 12.4 Å². The van der Waals surface area contributed by atoms with Gasteiger partial charge in [-0.2, -0.15) is 132 Å². The molecule has 27 heteroatoms. The molecule has 0 amide bonds. The third-order valence-electron chi connectivity index (χ3n) is 11.5. The van der Waals surface area contributed by atoms with Crippen molar-refractivity contribution in [3.63, 3.8) is 0 Å². The van der Waals surface area contributed by atoms with E-state index in [9.17, 15) is 110 Å². The zero-order valence-electron chi connectivity index (χ0n) is 36.5. The molecule has 400 valence electrons. The Morgan fingerprint density at radius 3 is 0.840 bits per heavy atom. The summed E-state index contributed by atoms with van der Waals surface area (Å²) in [5, 5.41) is 12.2. The number of hydrogen-bond acceptors (Lipinski definition) is 1. The van der Waals surface area contributed by atoms with Gasteiger partial charge in [0.2, 0.25) is 0 Å². The summed E-state index contributed by atoms with van der Waals surface area (Å²) in [6, 6.07) is 11.2. The molecule has 1 aromatic heterocycles. The minimum atomic E-state index is -6.13. The lowest BCUT2D eigenvalue weighted by Crippen LogP contribution is -2.75. The maximum Gasteiger partial charge on any atom is 0.416 e. The molecule has 0 fully saturated rings. The van der Waals surface area contributed by atoms with Crippen molar-refractivity contribution < 1.29 is 115 Å². The molecule has 0 saturated heterocycles. The second-order valence-electron chi connectivity index (χ2n) is 16.6. The average Bonchev–Trinajstić information content (AvgIpc) is 3.28. The van der Waals surface area contributed by atoms with Gasteiger partial charge in [-0.1, -0.05) is 97.1 Å². The van der Waals surface area contributed by atoms with Crippen molar-refractivity contribution in [1.29, 1.82) is 0 Å². The summed E-state index contributed by atoms with van der Waals surface area (Å²) < 4.78 is 343. The monoisotopic (exact) mass is 1100 g/mol. The van der Waals surface area contributed by atoms with Gasteiger partial charge in [0.15, 0.2) is 12.7 Å². The highest BCUT2D eigenvalue weighted by molar-refractivity contribution is 7.20. The van der Waals surface area contributed by atoms with Gasteiger partial charge in [0, 0.05) is 11.6 Å². The second kappa shape index (κ2) is 19.6. The first-order chi connectivity index (χ1) is 34.1. The van der Waals surface area contributed by atoms with E-state index in [4.69, 9.17) is 0 Å². The highest BCUT2D eigenvalue weighted by atomic mass is 19.4. The molecule has 7 rings (SSSR count). The number of nitrogens with zero attached hydrogens (tertiary/aromatic N) is 1. The van der Waals surface area contributed by atoms with Crippen molar-refractivity contribution >= 4 is 38.8 Å². The number of fused-ring (bicyclic) bond motifs is 1. The summed E-state index contributed by atoms with van der Waals surface area (Å²) in [5.41, 5.74) is -29.0. The fourth-order valence-electron chi connectivity index (χ4n) is 8.22. The summed E-state index contributed by atoms with van der Waals surface area (Å²) in [6.07, 6.45) is -52.9. The van der Waals surface area contributed by atoms with Gasteiger partial charge < -0.3 is 5.11 Å². The van der Waals surface area contributed by atoms with E-state index in [1.165, 1.54) is 5.56 Å². The molecule has 0 saturated carbocycles. The molecule has 0 aliphatic heterocycles. The molecule has 2 nitrogen and oxygen atoms in total. The molecule has 0 aliphatic rings. The number of rotatable bonds is 6. The van der Waals surface area contributed by atoms with E-state index < -0.39 is 195 Å².